The molecule has 1 aliphatic rings. The topological polar surface area (TPSA) is 38.9 Å². The first-order chi connectivity index (χ1) is 6.27. The molecular formula is C10H13BrN2. The van der Waals surface area contributed by atoms with Crippen LogP contribution in [-0.2, 0) is 0 Å². The molecule has 3 heteroatoms. The number of hydrogen-bond donors (Lipinski definition) is 1. The van der Waals surface area contributed by atoms with Gasteiger partial charge in [-0.15, -0.1) is 0 Å². The van der Waals surface area contributed by atoms with Gasteiger partial charge in [-0.25, -0.2) is 4.98 Å². The Labute approximate surface area is 86.7 Å². The summed E-state index contributed by atoms with van der Waals surface area (Å²) < 4.78 is 0.875. The Bertz CT molecular complexity index is 297. The highest BCUT2D eigenvalue weighted by atomic mass is 79.9. The molecular weight excluding hydrogens is 228 g/mol. The van der Waals surface area contributed by atoms with E-state index < -0.39 is 0 Å². The maximum Gasteiger partial charge on any atom is 0.106 e. The van der Waals surface area contributed by atoms with Crippen LogP contribution >= 0.6 is 15.9 Å². The molecule has 0 aliphatic heterocycles. The summed E-state index contributed by atoms with van der Waals surface area (Å²) in [4.78, 5) is 4.37. The van der Waals surface area contributed by atoms with Crippen molar-refractivity contribution in [1.82, 2.24) is 4.98 Å². The second-order valence-electron chi connectivity index (χ2n) is 3.60. The lowest BCUT2D eigenvalue weighted by Crippen LogP contribution is -2.27. The molecule has 0 amide bonds. The number of pyridine rings is 1. The molecule has 1 fully saturated rings. The fourth-order valence-corrected chi connectivity index (χ4v) is 2.01. The molecule has 1 aromatic heterocycles. The third-order valence-corrected chi connectivity index (χ3v) is 3.18. The Balaban J connectivity index is 2.14. The fraction of sp³-hybridized carbons (Fsp3) is 0.500. The number of halogens is 1. The minimum atomic E-state index is 0.131. The highest BCUT2D eigenvalue weighted by Crippen LogP contribution is 2.35. The Morgan fingerprint density at radius 3 is 2.77 bits per heavy atom. The van der Waals surface area contributed by atoms with E-state index >= 15 is 0 Å². The lowest BCUT2D eigenvalue weighted by Gasteiger charge is -2.30. The molecule has 2 nitrogen and oxygen atoms in total. The van der Waals surface area contributed by atoms with Crippen LogP contribution in [0.3, 0.4) is 0 Å². The highest BCUT2D eigenvalue weighted by molar-refractivity contribution is 9.10. The first kappa shape index (κ1) is 9.16. The van der Waals surface area contributed by atoms with Gasteiger partial charge in [0.05, 0.1) is 5.69 Å². The lowest BCUT2D eigenvalue weighted by molar-refractivity contribution is 0.261. The van der Waals surface area contributed by atoms with Crippen molar-refractivity contribution in [2.75, 3.05) is 0 Å². The summed E-state index contributed by atoms with van der Waals surface area (Å²) in [6.07, 6.45) is 3.84. The van der Waals surface area contributed by atoms with Gasteiger partial charge in [-0.1, -0.05) is 12.5 Å². The maximum atomic E-state index is 6.09. The van der Waals surface area contributed by atoms with Crippen LogP contribution < -0.4 is 5.73 Å². The Hall–Kier alpha value is -0.410. The van der Waals surface area contributed by atoms with E-state index in [9.17, 15) is 0 Å². The molecule has 1 aromatic rings. The monoisotopic (exact) mass is 240 g/mol. The van der Waals surface area contributed by atoms with Gasteiger partial charge in [0, 0.05) is 6.04 Å². The summed E-state index contributed by atoms with van der Waals surface area (Å²) >= 11 is 3.35. The highest BCUT2D eigenvalue weighted by Gasteiger charge is 2.26. The standard InChI is InChI=1S/C10H13BrN2/c11-9-6-2-5-8(13-9)10(12)7-3-1-4-7/h2,5-7,10H,1,3-4,12H2/t10-/m0/s1. The van der Waals surface area contributed by atoms with Crippen molar-refractivity contribution >= 4 is 15.9 Å². The van der Waals surface area contributed by atoms with Gasteiger partial charge < -0.3 is 5.73 Å². The first-order valence-corrected chi connectivity index (χ1v) is 5.45. The van der Waals surface area contributed by atoms with Crippen LogP contribution in [0.4, 0.5) is 0 Å². The number of aromatic nitrogens is 1. The summed E-state index contributed by atoms with van der Waals surface area (Å²) in [5, 5.41) is 0. The van der Waals surface area contributed by atoms with E-state index in [1.807, 2.05) is 18.2 Å². The van der Waals surface area contributed by atoms with Gasteiger partial charge in [0.25, 0.3) is 0 Å². The van der Waals surface area contributed by atoms with Crippen molar-refractivity contribution in [2.24, 2.45) is 11.7 Å². The molecule has 1 atom stereocenters. The third-order valence-electron chi connectivity index (χ3n) is 2.74. The van der Waals surface area contributed by atoms with E-state index in [1.54, 1.807) is 0 Å². The van der Waals surface area contributed by atoms with Crippen LogP contribution in [-0.4, -0.2) is 4.98 Å². The van der Waals surface area contributed by atoms with Crippen molar-refractivity contribution < 1.29 is 0 Å². The van der Waals surface area contributed by atoms with Crippen LogP contribution in [0.15, 0.2) is 22.8 Å². The van der Waals surface area contributed by atoms with Crippen LogP contribution in [0.25, 0.3) is 0 Å². The largest absolute Gasteiger partial charge is 0.322 e. The average Bonchev–Trinajstić information content (AvgIpc) is 2.01. The molecule has 1 heterocycles. The molecule has 70 valence electrons. The van der Waals surface area contributed by atoms with Gasteiger partial charge >= 0.3 is 0 Å². The van der Waals surface area contributed by atoms with Gasteiger partial charge in [-0.05, 0) is 46.8 Å². The molecule has 2 rings (SSSR count). The molecule has 0 aromatic carbocycles. The van der Waals surface area contributed by atoms with Gasteiger partial charge in [-0.2, -0.15) is 0 Å². The summed E-state index contributed by atoms with van der Waals surface area (Å²) in [6.45, 7) is 0. The van der Waals surface area contributed by atoms with Gasteiger partial charge in [0.2, 0.25) is 0 Å². The van der Waals surface area contributed by atoms with E-state index in [1.165, 1.54) is 19.3 Å². The second-order valence-corrected chi connectivity index (χ2v) is 4.41. The minimum Gasteiger partial charge on any atom is -0.322 e. The Morgan fingerprint density at radius 2 is 2.23 bits per heavy atom. The molecule has 0 saturated heterocycles. The van der Waals surface area contributed by atoms with Crippen molar-refractivity contribution in [3.63, 3.8) is 0 Å². The zero-order valence-electron chi connectivity index (χ0n) is 7.41. The van der Waals surface area contributed by atoms with Crippen molar-refractivity contribution in [1.29, 1.82) is 0 Å². The van der Waals surface area contributed by atoms with Crippen molar-refractivity contribution in [3.05, 3.63) is 28.5 Å². The van der Waals surface area contributed by atoms with E-state index in [0.717, 1.165) is 10.3 Å². The zero-order chi connectivity index (χ0) is 9.26. The Morgan fingerprint density at radius 1 is 1.46 bits per heavy atom. The molecule has 0 bridgehead atoms. The minimum absolute atomic E-state index is 0.131. The molecule has 13 heavy (non-hydrogen) atoms. The molecule has 1 saturated carbocycles. The summed E-state index contributed by atoms with van der Waals surface area (Å²) in [7, 11) is 0. The predicted molar refractivity (Wildman–Crippen MR) is 56.2 cm³/mol. The van der Waals surface area contributed by atoms with Crippen molar-refractivity contribution in [3.8, 4) is 0 Å². The molecule has 0 unspecified atom stereocenters. The first-order valence-electron chi connectivity index (χ1n) is 4.65. The fourth-order valence-electron chi connectivity index (χ4n) is 1.65. The van der Waals surface area contributed by atoms with Crippen LogP contribution in [0.2, 0.25) is 0 Å². The summed E-state index contributed by atoms with van der Waals surface area (Å²) in [6, 6.07) is 6.06. The summed E-state index contributed by atoms with van der Waals surface area (Å²) in [5.41, 5.74) is 7.10. The molecule has 0 radical (unpaired) electrons. The van der Waals surface area contributed by atoms with E-state index in [2.05, 4.69) is 20.9 Å². The van der Waals surface area contributed by atoms with Gasteiger partial charge in [0.1, 0.15) is 4.60 Å². The van der Waals surface area contributed by atoms with E-state index in [4.69, 9.17) is 5.73 Å². The Kier molecular flexibility index (Phi) is 2.65. The molecule has 1 aliphatic carbocycles. The smallest absolute Gasteiger partial charge is 0.106 e. The van der Waals surface area contributed by atoms with Crippen LogP contribution in [0, 0.1) is 5.92 Å². The van der Waals surface area contributed by atoms with Gasteiger partial charge in [0.15, 0.2) is 0 Å². The molecule has 2 N–H and O–H groups in total. The maximum absolute atomic E-state index is 6.09. The summed E-state index contributed by atoms with van der Waals surface area (Å²) in [5.74, 6) is 0.654. The molecule has 0 spiro atoms. The van der Waals surface area contributed by atoms with Crippen molar-refractivity contribution in [2.45, 2.75) is 25.3 Å². The number of hydrogen-bond acceptors (Lipinski definition) is 2. The second kappa shape index (κ2) is 3.76. The van der Waals surface area contributed by atoms with Crippen LogP contribution in [0.5, 0.6) is 0 Å². The van der Waals surface area contributed by atoms with E-state index in [-0.39, 0.29) is 6.04 Å². The number of nitrogens with zero attached hydrogens (tertiary/aromatic N) is 1. The average molecular weight is 241 g/mol. The quantitative estimate of drug-likeness (QED) is 0.808. The third kappa shape index (κ3) is 1.92. The van der Waals surface area contributed by atoms with Gasteiger partial charge in [-0.3, -0.25) is 0 Å². The SMILES string of the molecule is N[C@H](c1cccc(Br)n1)C1CCC1. The van der Waals surface area contributed by atoms with E-state index in [0.29, 0.717) is 5.92 Å². The normalized spacial score (nSPS) is 19.5. The van der Waals surface area contributed by atoms with Crippen LogP contribution in [0.1, 0.15) is 31.0 Å². The number of rotatable bonds is 2. The zero-order valence-corrected chi connectivity index (χ0v) is 9.00. The lowest BCUT2D eigenvalue weighted by atomic mass is 9.79. The predicted octanol–water partition coefficient (Wildman–Crippen LogP) is 2.64. The number of nitrogens with two attached hydrogens (primary N) is 1.